The van der Waals surface area contributed by atoms with Crippen molar-refractivity contribution in [1.29, 1.82) is 0 Å². The molecule has 1 atom stereocenters. The van der Waals surface area contributed by atoms with Crippen molar-refractivity contribution in [1.82, 2.24) is 0 Å². The highest BCUT2D eigenvalue weighted by Gasteiger charge is 2.05. The lowest BCUT2D eigenvalue weighted by atomic mass is 10.1. The molecular weight excluding hydrogens is 200 g/mol. The van der Waals surface area contributed by atoms with E-state index >= 15 is 0 Å². The average Bonchev–Trinajstić information content (AvgIpc) is 2.45. The van der Waals surface area contributed by atoms with Gasteiger partial charge in [0, 0.05) is 6.42 Å². The Kier molecular flexibility index (Phi) is 7.65. The Morgan fingerprint density at radius 2 is 1.81 bits per heavy atom. The highest BCUT2D eigenvalue weighted by Crippen LogP contribution is 2.15. The molecule has 0 radical (unpaired) electrons. The molecule has 0 saturated carbocycles. The number of hydrogen-bond acceptors (Lipinski definition) is 2. The van der Waals surface area contributed by atoms with Gasteiger partial charge in [-0.1, -0.05) is 32.1 Å². The Morgan fingerprint density at radius 3 is 2.31 bits per heavy atom. The lowest BCUT2D eigenvalue weighted by Gasteiger charge is -2.10. The first kappa shape index (κ1) is 15.0. The van der Waals surface area contributed by atoms with E-state index in [-0.39, 0.29) is 6.10 Å². The molecule has 0 aliphatic heterocycles. The van der Waals surface area contributed by atoms with E-state index < -0.39 is 6.10 Å². The minimum absolute atomic E-state index is 0.205. The van der Waals surface area contributed by atoms with Crippen LogP contribution in [0.3, 0.4) is 0 Å². The minimum atomic E-state index is -0.416. The van der Waals surface area contributed by atoms with Crippen LogP contribution in [0.4, 0.5) is 0 Å². The number of aliphatic hydroxyl groups is 1. The van der Waals surface area contributed by atoms with Gasteiger partial charge < -0.3 is 9.84 Å². The van der Waals surface area contributed by atoms with E-state index in [1.807, 2.05) is 52.0 Å². The van der Waals surface area contributed by atoms with E-state index in [9.17, 15) is 5.11 Å². The fraction of sp³-hybridized carbons (Fsp3) is 0.571. The summed E-state index contributed by atoms with van der Waals surface area (Å²) in [4.78, 5) is 0. The molecule has 0 fully saturated rings. The number of aliphatic hydroxyl groups excluding tert-OH is 1. The molecule has 0 aromatic heterocycles. The van der Waals surface area contributed by atoms with Gasteiger partial charge >= 0.3 is 0 Å². The van der Waals surface area contributed by atoms with Crippen LogP contribution >= 0.6 is 0 Å². The SMILES string of the molecule is CC.CC(C)OC1=CC=C(C(C)O)C=CC1. The number of hydrogen-bond donors (Lipinski definition) is 1. The normalized spacial score (nSPS) is 16.7. The maximum absolute atomic E-state index is 9.38. The largest absolute Gasteiger partial charge is 0.495 e. The van der Waals surface area contributed by atoms with Gasteiger partial charge in [0.05, 0.1) is 12.2 Å². The summed E-state index contributed by atoms with van der Waals surface area (Å²) in [6.45, 7) is 9.78. The summed E-state index contributed by atoms with van der Waals surface area (Å²) in [7, 11) is 0. The van der Waals surface area contributed by atoms with E-state index in [4.69, 9.17) is 4.74 Å². The van der Waals surface area contributed by atoms with E-state index in [0.29, 0.717) is 0 Å². The van der Waals surface area contributed by atoms with Gasteiger partial charge in [-0.3, -0.25) is 0 Å². The van der Waals surface area contributed by atoms with E-state index in [2.05, 4.69) is 0 Å². The van der Waals surface area contributed by atoms with Crippen LogP contribution < -0.4 is 0 Å². The Bertz CT molecular complexity index is 270. The Hall–Kier alpha value is -1.02. The predicted molar refractivity (Wildman–Crippen MR) is 69.2 cm³/mol. The second-order valence-electron chi connectivity index (χ2n) is 3.75. The predicted octanol–water partition coefficient (Wildman–Crippen LogP) is 3.59. The molecule has 0 aromatic rings. The molecule has 1 aliphatic rings. The summed E-state index contributed by atoms with van der Waals surface area (Å²) in [6, 6.07) is 0. The Morgan fingerprint density at radius 1 is 1.19 bits per heavy atom. The summed E-state index contributed by atoms with van der Waals surface area (Å²) in [5, 5.41) is 9.38. The van der Waals surface area contributed by atoms with Crippen LogP contribution in [0.5, 0.6) is 0 Å². The van der Waals surface area contributed by atoms with Gasteiger partial charge in [0.2, 0.25) is 0 Å². The van der Waals surface area contributed by atoms with Crippen molar-refractivity contribution < 1.29 is 9.84 Å². The molecule has 1 rings (SSSR count). The van der Waals surface area contributed by atoms with Crippen LogP contribution in [0.25, 0.3) is 0 Å². The van der Waals surface area contributed by atoms with Crippen molar-refractivity contribution in [2.24, 2.45) is 0 Å². The molecule has 0 spiro atoms. The third kappa shape index (κ3) is 5.76. The molecule has 16 heavy (non-hydrogen) atoms. The number of ether oxygens (including phenoxy) is 1. The van der Waals surface area contributed by atoms with Gasteiger partial charge in [0.15, 0.2) is 0 Å². The van der Waals surface area contributed by atoms with E-state index in [1.165, 1.54) is 0 Å². The van der Waals surface area contributed by atoms with E-state index in [0.717, 1.165) is 17.8 Å². The smallest absolute Gasteiger partial charge is 0.100 e. The van der Waals surface area contributed by atoms with E-state index in [1.54, 1.807) is 6.92 Å². The fourth-order valence-electron chi connectivity index (χ4n) is 1.29. The molecule has 0 heterocycles. The first-order valence-electron chi connectivity index (χ1n) is 6.01. The van der Waals surface area contributed by atoms with Crippen LogP contribution in [-0.4, -0.2) is 17.3 Å². The van der Waals surface area contributed by atoms with Gasteiger partial charge in [-0.15, -0.1) is 0 Å². The van der Waals surface area contributed by atoms with Gasteiger partial charge in [-0.05, 0) is 32.4 Å². The summed E-state index contributed by atoms with van der Waals surface area (Å²) >= 11 is 0. The molecule has 1 unspecified atom stereocenters. The van der Waals surface area contributed by atoms with Crippen LogP contribution in [-0.2, 0) is 4.74 Å². The maximum atomic E-state index is 9.38. The molecule has 1 N–H and O–H groups in total. The fourth-order valence-corrected chi connectivity index (χ4v) is 1.29. The van der Waals surface area contributed by atoms with Crippen molar-refractivity contribution in [3.8, 4) is 0 Å². The first-order valence-corrected chi connectivity index (χ1v) is 6.01. The minimum Gasteiger partial charge on any atom is -0.495 e. The molecule has 0 saturated heterocycles. The zero-order chi connectivity index (χ0) is 12.6. The Balaban J connectivity index is 0.00000106. The first-order chi connectivity index (χ1) is 7.59. The molecular formula is C14H24O2. The third-order valence-corrected chi connectivity index (χ3v) is 1.96. The topological polar surface area (TPSA) is 29.5 Å². The third-order valence-electron chi connectivity index (χ3n) is 1.96. The van der Waals surface area contributed by atoms with Gasteiger partial charge in [-0.2, -0.15) is 0 Å². The van der Waals surface area contributed by atoms with Crippen molar-refractivity contribution in [3.63, 3.8) is 0 Å². The van der Waals surface area contributed by atoms with Crippen molar-refractivity contribution in [2.45, 2.75) is 53.2 Å². The molecule has 2 nitrogen and oxygen atoms in total. The highest BCUT2D eigenvalue weighted by molar-refractivity contribution is 5.31. The molecule has 0 amide bonds. The standard InChI is InChI=1S/C12H18O2.C2H6/c1-9(2)14-12-6-4-5-11(7-8-12)10(3)13;1-2/h4-5,7-10,13H,6H2,1-3H3;1-2H3. The second-order valence-corrected chi connectivity index (χ2v) is 3.75. The number of allylic oxidation sites excluding steroid dienone is 3. The summed E-state index contributed by atoms with van der Waals surface area (Å²) < 4.78 is 5.58. The molecule has 0 bridgehead atoms. The Labute approximate surface area is 99.3 Å². The van der Waals surface area contributed by atoms with Crippen molar-refractivity contribution in [3.05, 3.63) is 35.6 Å². The monoisotopic (exact) mass is 224 g/mol. The molecule has 2 heteroatoms. The van der Waals surface area contributed by atoms with Crippen molar-refractivity contribution >= 4 is 0 Å². The van der Waals surface area contributed by atoms with Crippen LogP contribution in [0.15, 0.2) is 35.6 Å². The second kappa shape index (κ2) is 8.17. The highest BCUT2D eigenvalue weighted by atomic mass is 16.5. The zero-order valence-corrected chi connectivity index (χ0v) is 11.0. The summed E-state index contributed by atoms with van der Waals surface area (Å²) in [5.41, 5.74) is 0.923. The lowest BCUT2D eigenvalue weighted by molar-refractivity contribution is 0.144. The average molecular weight is 224 g/mol. The van der Waals surface area contributed by atoms with Crippen LogP contribution in [0, 0.1) is 0 Å². The molecule has 92 valence electrons. The molecule has 0 aromatic carbocycles. The lowest BCUT2D eigenvalue weighted by Crippen LogP contribution is -2.01. The number of rotatable bonds is 3. The van der Waals surface area contributed by atoms with Crippen LogP contribution in [0.1, 0.15) is 41.0 Å². The van der Waals surface area contributed by atoms with Crippen molar-refractivity contribution in [2.75, 3.05) is 0 Å². The summed E-state index contributed by atoms with van der Waals surface area (Å²) in [6.07, 6.45) is 8.38. The van der Waals surface area contributed by atoms with Gasteiger partial charge in [0.1, 0.15) is 5.76 Å². The van der Waals surface area contributed by atoms with Gasteiger partial charge in [-0.25, -0.2) is 0 Å². The maximum Gasteiger partial charge on any atom is 0.100 e. The summed E-state index contributed by atoms with van der Waals surface area (Å²) in [5.74, 6) is 0.951. The van der Waals surface area contributed by atoms with Gasteiger partial charge in [0.25, 0.3) is 0 Å². The quantitative estimate of drug-likeness (QED) is 0.794. The molecule has 1 aliphatic carbocycles. The zero-order valence-electron chi connectivity index (χ0n) is 11.0. The van der Waals surface area contributed by atoms with Crippen LogP contribution in [0.2, 0.25) is 0 Å².